The molecule has 3 heteroatoms. The lowest BCUT2D eigenvalue weighted by Crippen LogP contribution is -2.12. The Kier molecular flexibility index (Phi) is 1.88. The van der Waals surface area contributed by atoms with Crippen molar-refractivity contribution in [2.24, 2.45) is 11.7 Å². The van der Waals surface area contributed by atoms with Crippen molar-refractivity contribution in [1.29, 1.82) is 0 Å². The molecule has 1 fully saturated rings. The summed E-state index contributed by atoms with van der Waals surface area (Å²) in [5.41, 5.74) is 6.37. The Morgan fingerprint density at radius 1 is 1.23 bits per heavy atom. The number of phenolic OH excluding ortho intramolecular Hbond substituents is 2. The van der Waals surface area contributed by atoms with Crippen LogP contribution in [-0.2, 0) is 0 Å². The molecule has 0 aromatic heterocycles. The quantitative estimate of drug-likeness (QED) is 0.644. The van der Waals surface area contributed by atoms with E-state index in [4.69, 9.17) is 5.73 Å². The van der Waals surface area contributed by atoms with Gasteiger partial charge >= 0.3 is 0 Å². The standard InChI is InChI=1S/C10H13NO2/c11-10(6-4-5-6)9-7(12)2-1-3-8(9)13/h1-3,6,10,12-13H,4-5,11H2/t10-/m1/s1. The van der Waals surface area contributed by atoms with Gasteiger partial charge in [-0.05, 0) is 30.9 Å². The van der Waals surface area contributed by atoms with Crippen molar-refractivity contribution < 1.29 is 10.2 Å². The summed E-state index contributed by atoms with van der Waals surface area (Å²) in [6, 6.07) is 4.49. The van der Waals surface area contributed by atoms with E-state index in [0.717, 1.165) is 12.8 Å². The topological polar surface area (TPSA) is 66.5 Å². The summed E-state index contributed by atoms with van der Waals surface area (Å²) in [6.45, 7) is 0. The fourth-order valence-electron chi connectivity index (χ4n) is 1.57. The molecule has 1 saturated carbocycles. The smallest absolute Gasteiger partial charge is 0.124 e. The van der Waals surface area contributed by atoms with Gasteiger partial charge in [-0.2, -0.15) is 0 Å². The maximum atomic E-state index is 9.50. The number of rotatable bonds is 2. The lowest BCUT2D eigenvalue weighted by Gasteiger charge is -2.13. The maximum Gasteiger partial charge on any atom is 0.124 e. The minimum atomic E-state index is -0.221. The number of phenols is 2. The molecule has 1 aromatic rings. The van der Waals surface area contributed by atoms with E-state index < -0.39 is 0 Å². The molecular formula is C10H13NO2. The Labute approximate surface area is 76.8 Å². The van der Waals surface area contributed by atoms with Crippen molar-refractivity contribution in [1.82, 2.24) is 0 Å². The molecule has 1 aliphatic rings. The van der Waals surface area contributed by atoms with Gasteiger partial charge in [-0.25, -0.2) is 0 Å². The SMILES string of the molecule is N[C@@H](c1c(O)cccc1O)C1CC1. The van der Waals surface area contributed by atoms with Crippen LogP contribution in [0.3, 0.4) is 0 Å². The zero-order chi connectivity index (χ0) is 9.42. The minimum Gasteiger partial charge on any atom is -0.507 e. The summed E-state index contributed by atoms with van der Waals surface area (Å²) in [7, 11) is 0. The van der Waals surface area contributed by atoms with Gasteiger partial charge in [-0.15, -0.1) is 0 Å². The molecule has 4 N–H and O–H groups in total. The molecule has 0 spiro atoms. The van der Waals surface area contributed by atoms with Gasteiger partial charge in [0.2, 0.25) is 0 Å². The molecule has 2 rings (SSSR count). The molecule has 0 heterocycles. The molecule has 0 radical (unpaired) electrons. The molecule has 0 bridgehead atoms. The van der Waals surface area contributed by atoms with Crippen LogP contribution < -0.4 is 5.73 Å². The third-order valence-corrected chi connectivity index (χ3v) is 2.52. The number of hydrogen-bond acceptors (Lipinski definition) is 3. The Balaban J connectivity index is 2.36. The predicted octanol–water partition coefficient (Wildman–Crippen LogP) is 1.51. The van der Waals surface area contributed by atoms with E-state index in [2.05, 4.69) is 0 Å². The molecular weight excluding hydrogens is 166 g/mol. The van der Waals surface area contributed by atoms with Gasteiger partial charge in [0.05, 0.1) is 5.56 Å². The van der Waals surface area contributed by atoms with Crippen molar-refractivity contribution in [3.63, 3.8) is 0 Å². The van der Waals surface area contributed by atoms with Crippen LogP contribution in [0.5, 0.6) is 11.5 Å². The molecule has 0 amide bonds. The summed E-state index contributed by atoms with van der Waals surface area (Å²) >= 11 is 0. The first-order valence-electron chi connectivity index (χ1n) is 4.46. The van der Waals surface area contributed by atoms with Gasteiger partial charge in [0.25, 0.3) is 0 Å². The molecule has 1 aliphatic carbocycles. The first kappa shape index (κ1) is 8.38. The van der Waals surface area contributed by atoms with E-state index in [-0.39, 0.29) is 17.5 Å². The molecule has 70 valence electrons. The molecule has 1 aromatic carbocycles. The fourth-order valence-corrected chi connectivity index (χ4v) is 1.57. The highest BCUT2D eigenvalue weighted by atomic mass is 16.3. The third-order valence-electron chi connectivity index (χ3n) is 2.52. The normalized spacial score (nSPS) is 18.5. The molecule has 3 nitrogen and oxygen atoms in total. The second-order valence-corrected chi connectivity index (χ2v) is 3.57. The largest absolute Gasteiger partial charge is 0.507 e. The van der Waals surface area contributed by atoms with E-state index in [9.17, 15) is 10.2 Å². The van der Waals surface area contributed by atoms with Crippen LogP contribution in [0.2, 0.25) is 0 Å². The Morgan fingerprint density at radius 2 is 1.77 bits per heavy atom. The summed E-state index contributed by atoms with van der Waals surface area (Å²) in [5.74, 6) is 0.623. The summed E-state index contributed by atoms with van der Waals surface area (Å²) in [4.78, 5) is 0. The van der Waals surface area contributed by atoms with E-state index in [1.54, 1.807) is 18.2 Å². The van der Waals surface area contributed by atoms with Crippen LogP contribution in [0, 0.1) is 5.92 Å². The molecule has 1 atom stereocenters. The molecule has 13 heavy (non-hydrogen) atoms. The lowest BCUT2D eigenvalue weighted by molar-refractivity contribution is 0.422. The van der Waals surface area contributed by atoms with E-state index in [0.29, 0.717) is 11.5 Å². The Bertz CT molecular complexity index is 300. The van der Waals surface area contributed by atoms with Gasteiger partial charge in [-0.1, -0.05) is 6.07 Å². The van der Waals surface area contributed by atoms with Gasteiger partial charge in [-0.3, -0.25) is 0 Å². The van der Waals surface area contributed by atoms with Crippen LogP contribution in [0.25, 0.3) is 0 Å². The van der Waals surface area contributed by atoms with Crippen LogP contribution in [-0.4, -0.2) is 10.2 Å². The van der Waals surface area contributed by atoms with Gasteiger partial charge < -0.3 is 15.9 Å². The summed E-state index contributed by atoms with van der Waals surface area (Å²) in [5, 5.41) is 19.0. The maximum absolute atomic E-state index is 9.50. The van der Waals surface area contributed by atoms with Crippen LogP contribution in [0.4, 0.5) is 0 Å². The first-order valence-corrected chi connectivity index (χ1v) is 4.46. The van der Waals surface area contributed by atoms with E-state index in [1.807, 2.05) is 0 Å². The van der Waals surface area contributed by atoms with Crippen LogP contribution >= 0.6 is 0 Å². The number of benzene rings is 1. The zero-order valence-electron chi connectivity index (χ0n) is 7.27. The summed E-state index contributed by atoms with van der Waals surface area (Å²) in [6.07, 6.45) is 2.18. The second-order valence-electron chi connectivity index (χ2n) is 3.57. The first-order chi connectivity index (χ1) is 6.20. The minimum absolute atomic E-state index is 0.0967. The zero-order valence-corrected chi connectivity index (χ0v) is 7.27. The van der Waals surface area contributed by atoms with Gasteiger partial charge in [0.15, 0.2) is 0 Å². The number of aromatic hydroxyl groups is 2. The van der Waals surface area contributed by atoms with E-state index >= 15 is 0 Å². The highest BCUT2D eigenvalue weighted by molar-refractivity contribution is 5.45. The predicted molar refractivity (Wildman–Crippen MR) is 49.4 cm³/mol. The molecule has 0 aliphatic heterocycles. The molecule has 0 saturated heterocycles. The van der Waals surface area contributed by atoms with E-state index in [1.165, 1.54) is 0 Å². The monoisotopic (exact) mass is 179 g/mol. The van der Waals surface area contributed by atoms with Gasteiger partial charge in [0, 0.05) is 6.04 Å². The number of hydrogen-bond donors (Lipinski definition) is 3. The van der Waals surface area contributed by atoms with Crippen LogP contribution in [0.1, 0.15) is 24.4 Å². The average molecular weight is 179 g/mol. The molecule has 0 unspecified atom stereocenters. The average Bonchev–Trinajstić information content (AvgIpc) is 2.85. The second kappa shape index (κ2) is 2.92. The lowest BCUT2D eigenvalue weighted by atomic mass is 10.0. The summed E-state index contributed by atoms with van der Waals surface area (Å²) < 4.78 is 0. The third kappa shape index (κ3) is 1.47. The van der Waals surface area contributed by atoms with Crippen molar-refractivity contribution in [2.45, 2.75) is 18.9 Å². The fraction of sp³-hybridized carbons (Fsp3) is 0.400. The van der Waals surface area contributed by atoms with Crippen molar-refractivity contribution >= 4 is 0 Å². The Hall–Kier alpha value is -1.22. The van der Waals surface area contributed by atoms with Crippen molar-refractivity contribution in [2.75, 3.05) is 0 Å². The van der Waals surface area contributed by atoms with Crippen LogP contribution in [0.15, 0.2) is 18.2 Å². The van der Waals surface area contributed by atoms with Crippen molar-refractivity contribution in [3.05, 3.63) is 23.8 Å². The highest BCUT2D eigenvalue weighted by Crippen LogP contribution is 2.44. The van der Waals surface area contributed by atoms with Gasteiger partial charge in [0.1, 0.15) is 11.5 Å². The van der Waals surface area contributed by atoms with Crippen molar-refractivity contribution in [3.8, 4) is 11.5 Å². The number of nitrogens with two attached hydrogens (primary N) is 1. The Morgan fingerprint density at radius 3 is 2.23 bits per heavy atom. The highest BCUT2D eigenvalue weighted by Gasteiger charge is 2.32.